The Labute approximate surface area is 161 Å². The molecule has 1 rings (SSSR count). The number of hydrogen-bond donors (Lipinski definition) is 3. The van der Waals surface area contributed by atoms with Crippen LogP contribution in [0.1, 0.15) is 52.9 Å². The lowest BCUT2D eigenvalue weighted by Crippen LogP contribution is -2.33. The second kappa shape index (κ2) is 11.4. The Morgan fingerprint density at radius 1 is 1.37 bits per heavy atom. The molecule has 1 aliphatic carbocycles. The normalized spacial score (nSPS) is 24.9. The van der Waals surface area contributed by atoms with E-state index < -0.39 is 23.6 Å². The van der Waals surface area contributed by atoms with E-state index in [1.54, 1.807) is 12.2 Å². The molecular formula is C21H34O6. The fourth-order valence-electron chi connectivity index (χ4n) is 3.20. The SMILES string of the molecule is CCOCC(C)(C)C(O)/C=C/[C@H]1[C@H](O)CC(=O)[C@@H]1C/C=C\CCCC(=O)O. The van der Waals surface area contributed by atoms with Crippen LogP contribution in [0.2, 0.25) is 0 Å². The summed E-state index contributed by atoms with van der Waals surface area (Å²) >= 11 is 0. The summed E-state index contributed by atoms with van der Waals surface area (Å²) in [5.74, 6) is -1.42. The highest BCUT2D eigenvalue weighted by Crippen LogP contribution is 2.34. The number of unbranched alkanes of at least 4 members (excludes halogenated alkanes) is 1. The van der Waals surface area contributed by atoms with Crippen molar-refractivity contribution in [1.29, 1.82) is 0 Å². The van der Waals surface area contributed by atoms with Gasteiger partial charge in [0.05, 0.1) is 18.8 Å². The molecule has 0 radical (unpaired) electrons. The summed E-state index contributed by atoms with van der Waals surface area (Å²) < 4.78 is 5.41. The van der Waals surface area contributed by atoms with Gasteiger partial charge in [0.25, 0.3) is 0 Å². The maximum Gasteiger partial charge on any atom is 0.303 e. The molecule has 0 aromatic heterocycles. The first-order valence-corrected chi connectivity index (χ1v) is 9.70. The molecule has 0 aliphatic heterocycles. The van der Waals surface area contributed by atoms with Crippen molar-refractivity contribution in [2.45, 2.75) is 65.1 Å². The molecule has 1 saturated carbocycles. The number of aliphatic hydroxyl groups is 2. The highest BCUT2D eigenvalue weighted by Gasteiger charge is 2.39. The minimum absolute atomic E-state index is 0.0235. The Kier molecular flexibility index (Phi) is 9.91. The molecule has 0 aromatic carbocycles. The summed E-state index contributed by atoms with van der Waals surface area (Å²) in [7, 11) is 0. The molecule has 6 nitrogen and oxygen atoms in total. The van der Waals surface area contributed by atoms with Gasteiger partial charge < -0.3 is 20.1 Å². The fourth-order valence-corrected chi connectivity index (χ4v) is 3.20. The van der Waals surface area contributed by atoms with Crippen molar-refractivity contribution < 1.29 is 29.6 Å². The molecule has 154 valence electrons. The van der Waals surface area contributed by atoms with E-state index in [1.165, 1.54) is 0 Å². The van der Waals surface area contributed by atoms with E-state index in [1.807, 2.05) is 32.9 Å². The second-order valence-electron chi connectivity index (χ2n) is 7.87. The Bertz CT molecular complexity index is 537. The summed E-state index contributed by atoms with van der Waals surface area (Å²) in [5, 5.41) is 29.3. The van der Waals surface area contributed by atoms with Crippen molar-refractivity contribution in [2.24, 2.45) is 17.3 Å². The zero-order valence-electron chi connectivity index (χ0n) is 16.6. The molecule has 6 heteroatoms. The molecule has 27 heavy (non-hydrogen) atoms. The molecule has 0 saturated heterocycles. The number of allylic oxidation sites excluding steroid dienone is 2. The molecule has 4 atom stereocenters. The fraction of sp³-hybridized carbons (Fsp3) is 0.714. The van der Waals surface area contributed by atoms with E-state index in [9.17, 15) is 19.8 Å². The number of carbonyl (C=O) groups is 2. The Hall–Kier alpha value is -1.50. The molecular weight excluding hydrogens is 348 g/mol. The van der Waals surface area contributed by atoms with Gasteiger partial charge in [-0.3, -0.25) is 9.59 Å². The Morgan fingerprint density at radius 2 is 2.07 bits per heavy atom. The lowest BCUT2D eigenvalue weighted by Gasteiger charge is -2.28. The third kappa shape index (κ3) is 7.95. The first-order chi connectivity index (χ1) is 12.7. The van der Waals surface area contributed by atoms with Crippen molar-refractivity contribution in [2.75, 3.05) is 13.2 Å². The number of Topliss-reactive ketones (excluding diaryl/α,β-unsaturated/α-hetero) is 1. The Morgan fingerprint density at radius 3 is 2.70 bits per heavy atom. The first kappa shape index (κ1) is 23.5. The van der Waals surface area contributed by atoms with Gasteiger partial charge in [0.2, 0.25) is 0 Å². The van der Waals surface area contributed by atoms with E-state index in [-0.39, 0.29) is 30.5 Å². The highest BCUT2D eigenvalue weighted by atomic mass is 16.5. The van der Waals surface area contributed by atoms with Crippen molar-refractivity contribution >= 4 is 11.8 Å². The van der Waals surface area contributed by atoms with Crippen LogP contribution in [-0.4, -0.2) is 52.5 Å². The third-order valence-electron chi connectivity index (χ3n) is 5.05. The van der Waals surface area contributed by atoms with Crippen molar-refractivity contribution in [3.05, 3.63) is 24.3 Å². The van der Waals surface area contributed by atoms with Gasteiger partial charge >= 0.3 is 5.97 Å². The number of carboxylic acid groups (broad SMARTS) is 1. The van der Waals surface area contributed by atoms with E-state index in [0.717, 1.165) is 0 Å². The van der Waals surface area contributed by atoms with Gasteiger partial charge in [0.15, 0.2) is 0 Å². The maximum atomic E-state index is 12.2. The smallest absolute Gasteiger partial charge is 0.303 e. The van der Waals surface area contributed by atoms with Crippen LogP contribution >= 0.6 is 0 Å². The van der Waals surface area contributed by atoms with Gasteiger partial charge in [0.1, 0.15) is 5.78 Å². The Balaban J connectivity index is 2.63. The molecule has 0 spiro atoms. The number of rotatable bonds is 12. The molecule has 3 N–H and O–H groups in total. The van der Waals surface area contributed by atoms with Gasteiger partial charge in [-0.05, 0) is 26.2 Å². The molecule has 1 unspecified atom stereocenters. The van der Waals surface area contributed by atoms with Crippen LogP contribution in [-0.2, 0) is 14.3 Å². The van der Waals surface area contributed by atoms with E-state index in [2.05, 4.69) is 0 Å². The largest absolute Gasteiger partial charge is 0.481 e. The number of ether oxygens (including phenoxy) is 1. The topological polar surface area (TPSA) is 104 Å². The lowest BCUT2D eigenvalue weighted by molar-refractivity contribution is -0.137. The number of aliphatic carboxylic acids is 1. The van der Waals surface area contributed by atoms with Crippen molar-refractivity contribution in [1.82, 2.24) is 0 Å². The van der Waals surface area contributed by atoms with E-state index in [0.29, 0.717) is 32.5 Å². The summed E-state index contributed by atoms with van der Waals surface area (Å²) in [4.78, 5) is 22.7. The number of carbonyl (C=O) groups excluding carboxylic acids is 1. The zero-order valence-corrected chi connectivity index (χ0v) is 16.6. The van der Waals surface area contributed by atoms with Gasteiger partial charge in [-0.2, -0.15) is 0 Å². The van der Waals surface area contributed by atoms with Crippen LogP contribution in [0, 0.1) is 17.3 Å². The average molecular weight is 382 g/mol. The molecule has 0 aromatic rings. The minimum Gasteiger partial charge on any atom is -0.481 e. The van der Waals surface area contributed by atoms with Gasteiger partial charge in [0, 0.05) is 36.7 Å². The first-order valence-electron chi connectivity index (χ1n) is 9.70. The van der Waals surface area contributed by atoms with Crippen molar-refractivity contribution in [3.8, 4) is 0 Å². The predicted octanol–water partition coefficient (Wildman–Crippen LogP) is 2.73. The van der Waals surface area contributed by atoms with Crippen LogP contribution in [0.15, 0.2) is 24.3 Å². The van der Waals surface area contributed by atoms with Crippen LogP contribution < -0.4 is 0 Å². The molecule has 1 aliphatic rings. The second-order valence-corrected chi connectivity index (χ2v) is 7.87. The lowest BCUT2D eigenvalue weighted by atomic mass is 9.85. The van der Waals surface area contributed by atoms with Crippen molar-refractivity contribution in [3.63, 3.8) is 0 Å². The number of aliphatic hydroxyl groups excluding tert-OH is 2. The maximum absolute atomic E-state index is 12.2. The molecule has 0 heterocycles. The minimum atomic E-state index is -0.812. The highest BCUT2D eigenvalue weighted by molar-refractivity contribution is 5.84. The monoisotopic (exact) mass is 382 g/mol. The van der Waals surface area contributed by atoms with Gasteiger partial charge in [-0.1, -0.05) is 38.2 Å². The summed E-state index contributed by atoms with van der Waals surface area (Å²) in [5.41, 5.74) is -0.459. The quantitative estimate of drug-likeness (QED) is 0.354. The molecule has 1 fully saturated rings. The predicted molar refractivity (Wildman–Crippen MR) is 103 cm³/mol. The van der Waals surface area contributed by atoms with Crippen LogP contribution in [0.25, 0.3) is 0 Å². The number of ketones is 1. The van der Waals surface area contributed by atoms with Gasteiger partial charge in [-0.25, -0.2) is 0 Å². The van der Waals surface area contributed by atoms with E-state index in [4.69, 9.17) is 9.84 Å². The summed E-state index contributed by atoms with van der Waals surface area (Å²) in [6.45, 7) is 6.72. The van der Waals surface area contributed by atoms with Crippen LogP contribution in [0.3, 0.4) is 0 Å². The average Bonchev–Trinajstić information content (AvgIpc) is 2.86. The van der Waals surface area contributed by atoms with Crippen LogP contribution in [0.5, 0.6) is 0 Å². The molecule has 0 bridgehead atoms. The van der Waals surface area contributed by atoms with Crippen LogP contribution in [0.4, 0.5) is 0 Å². The third-order valence-corrected chi connectivity index (χ3v) is 5.05. The zero-order chi connectivity index (χ0) is 20.4. The number of hydrogen-bond acceptors (Lipinski definition) is 5. The standard InChI is InChI=1S/C21H34O6/c1-4-27-14-21(2,3)19(24)12-11-16-15(17(22)13-18(16)23)9-7-5-6-8-10-20(25)26/h5,7,11-12,15-16,18-19,23-24H,4,6,8-10,13-14H2,1-3H3,(H,25,26)/b7-5-,12-11+/t15-,16-,18-,19?/m1/s1. The number of carboxylic acids is 1. The van der Waals surface area contributed by atoms with E-state index >= 15 is 0 Å². The summed E-state index contributed by atoms with van der Waals surface area (Å²) in [6, 6.07) is 0. The summed E-state index contributed by atoms with van der Waals surface area (Å²) in [6.07, 6.45) is 7.72. The molecule has 0 amide bonds. The van der Waals surface area contributed by atoms with Gasteiger partial charge in [-0.15, -0.1) is 0 Å².